The summed E-state index contributed by atoms with van der Waals surface area (Å²) in [5.41, 5.74) is 1.96. The molecule has 0 spiro atoms. The third kappa shape index (κ3) is 3.99. The smallest absolute Gasteiger partial charge is 0.325 e. The molecular formula is C17H24N4O4S. The van der Waals surface area contributed by atoms with Crippen molar-refractivity contribution in [2.45, 2.75) is 6.92 Å². The van der Waals surface area contributed by atoms with E-state index in [9.17, 15) is 18.0 Å². The Kier molecular flexibility index (Phi) is 5.19. The number of carbonyl (C=O) groups is 2. The molecule has 9 heteroatoms. The number of sulfonamides is 1. The van der Waals surface area contributed by atoms with Gasteiger partial charge < -0.3 is 9.80 Å². The molecule has 0 radical (unpaired) electrons. The molecule has 8 nitrogen and oxygen atoms in total. The van der Waals surface area contributed by atoms with E-state index in [1.165, 1.54) is 10.6 Å². The third-order valence-electron chi connectivity index (χ3n) is 4.83. The van der Waals surface area contributed by atoms with Crippen molar-refractivity contribution in [2.24, 2.45) is 0 Å². The van der Waals surface area contributed by atoms with Crippen molar-refractivity contribution in [3.05, 3.63) is 29.8 Å². The lowest BCUT2D eigenvalue weighted by Crippen LogP contribution is -2.52. The Hall–Kier alpha value is -2.13. The first-order chi connectivity index (χ1) is 12.3. The van der Waals surface area contributed by atoms with Crippen molar-refractivity contribution in [3.63, 3.8) is 0 Å². The summed E-state index contributed by atoms with van der Waals surface area (Å²) >= 11 is 0. The van der Waals surface area contributed by atoms with Crippen LogP contribution in [0.15, 0.2) is 24.3 Å². The summed E-state index contributed by atoms with van der Waals surface area (Å²) in [7, 11) is -3.22. The Morgan fingerprint density at radius 1 is 1.00 bits per heavy atom. The van der Waals surface area contributed by atoms with Gasteiger partial charge in [-0.25, -0.2) is 13.2 Å². The SMILES string of the molecule is Cc1ccc(N2CCN(CC(=O)N3CCN(S(C)(=O)=O)CC3)C2=O)cc1. The molecule has 3 amide bonds. The molecule has 2 aliphatic heterocycles. The van der Waals surface area contributed by atoms with Gasteiger partial charge in [-0.05, 0) is 19.1 Å². The Balaban J connectivity index is 1.56. The molecule has 0 atom stereocenters. The summed E-state index contributed by atoms with van der Waals surface area (Å²) in [5.74, 6) is -0.141. The van der Waals surface area contributed by atoms with Crippen LogP contribution in [0.1, 0.15) is 5.56 Å². The first-order valence-corrected chi connectivity index (χ1v) is 10.5. The molecule has 2 aliphatic rings. The largest absolute Gasteiger partial charge is 0.339 e. The molecule has 2 heterocycles. The molecule has 142 valence electrons. The average molecular weight is 380 g/mol. The highest BCUT2D eigenvalue weighted by Crippen LogP contribution is 2.21. The summed E-state index contributed by atoms with van der Waals surface area (Å²) in [6.07, 6.45) is 1.17. The molecule has 1 aromatic carbocycles. The molecule has 2 fully saturated rings. The van der Waals surface area contributed by atoms with Gasteiger partial charge in [-0.1, -0.05) is 17.7 Å². The minimum atomic E-state index is -3.22. The minimum absolute atomic E-state index is 0.0278. The van der Waals surface area contributed by atoms with Gasteiger partial charge >= 0.3 is 6.03 Å². The number of benzene rings is 1. The predicted molar refractivity (Wildman–Crippen MR) is 98.5 cm³/mol. The first-order valence-electron chi connectivity index (χ1n) is 8.62. The molecule has 2 saturated heterocycles. The number of urea groups is 1. The normalized spacial score (nSPS) is 19.3. The fourth-order valence-corrected chi connectivity index (χ4v) is 4.05. The van der Waals surface area contributed by atoms with Crippen molar-refractivity contribution in [1.29, 1.82) is 0 Å². The molecule has 3 rings (SSSR count). The van der Waals surface area contributed by atoms with Gasteiger partial charge in [-0.3, -0.25) is 9.69 Å². The number of nitrogens with zero attached hydrogens (tertiary/aromatic N) is 4. The lowest BCUT2D eigenvalue weighted by atomic mass is 10.2. The van der Waals surface area contributed by atoms with Crippen LogP contribution < -0.4 is 4.90 Å². The maximum atomic E-state index is 12.6. The zero-order chi connectivity index (χ0) is 18.9. The Bertz CT molecular complexity index is 785. The van der Waals surface area contributed by atoms with Crippen LogP contribution in [0.2, 0.25) is 0 Å². The summed E-state index contributed by atoms with van der Waals surface area (Å²) in [6.45, 7) is 4.39. The lowest BCUT2D eigenvalue weighted by molar-refractivity contribution is -0.132. The molecule has 0 aromatic heterocycles. The van der Waals surface area contributed by atoms with E-state index in [0.29, 0.717) is 39.3 Å². The van der Waals surface area contributed by atoms with Crippen molar-refractivity contribution in [2.75, 3.05) is 57.0 Å². The number of hydrogen-bond donors (Lipinski definition) is 0. The van der Waals surface area contributed by atoms with Crippen LogP contribution in [0, 0.1) is 6.92 Å². The summed E-state index contributed by atoms with van der Waals surface area (Å²) in [6, 6.07) is 7.55. The maximum absolute atomic E-state index is 12.6. The zero-order valence-corrected chi connectivity index (χ0v) is 15.9. The van der Waals surface area contributed by atoms with Crippen LogP contribution in [0.4, 0.5) is 10.5 Å². The average Bonchev–Trinajstić information content (AvgIpc) is 2.96. The number of carbonyl (C=O) groups excluding carboxylic acids is 2. The Morgan fingerprint density at radius 3 is 2.19 bits per heavy atom. The molecular weight excluding hydrogens is 356 g/mol. The van der Waals surface area contributed by atoms with Crippen LogP contribution in [-0.4, -0.2) is 86.5 Å². The van der Waals surface area contributed by atoms with Gasteiger partial charge in [0.25, 0.3) is 0 Å². The minimum Gasteiger partial charge on any atom is -0.339 e. The van der Waals surface area contributed by atoms with Crippen molar-refractivity contribution < 1.29 is 18.0 Å². The van der Waals surface area contributed by atoms with E-state index < -0.39 is 10.0 Å². The van der Waals surface area contributed by atoms with E-state index >= 15 is 0 Å². The van der Waals surface area contributed by atoms with Gasteiger partial charge in [0, 0.05) is 45.0 Å². The number of piperazine rings is 1. The van der Waals surface area contributed by atoms with E-state index in [2.05, 4.69) is 0 Å². The Morgan fingerprint density at radius 2 is 1.62 bits per heavy atom. The molecule has 1 aromatic rings. The number of anilines is 1. The summed E-state index contributed by atoms with van der Waals surface area (Å²) in [5, 5.41) is 0. The van der Waals surface area contributed by atoms with Crippen LogP contribution in [-0.2, 0) is 14.8 Å². The molecule has 0 N–H and O–H groups in total. The highest BCUT2D eigenvalue weighted by Gasteiger charge is 2.33. The van der Waals surface area contributed by atoms with E-state index in [1.54, 1.807) is 14.7 Å². The van der Waals surface area contributed by atoms with Gasteiger partial charge in [-0.2, -0.15) is 4.31 Å². The summed E-state index contributed by atoms with van der Waals surface area (Å²) in [4.78, 5) is 29.9. The second-order valence-electron chi connectivity index (χ2n) is 6.73. The second kappa shape index (κ2) is 7.24. The fourth-order valence-electron chi connectivity index (χ4n) is 3.23. The van der Waals surface area contributed by atoms with Crippen LogP contribution >= 0.6 is 0 Å². The van der Waals surface area contributed by atoms with E-state index in [4.69, 9.17) is 0 Å². The monoisotopic (exact) mass is 380 g/mol. The second-order valence-corrected chi connectivity index (χ2v) is 8.72. The van der Waals surface area contributed by atoms with Crippen molar-refractivity contribution in [1.82, 2.24) is 14.1 Å². The number of amides is 3. The van der Waals surface area contributed by atoms with E-state index in [-0.39, 0.29) is 18.5 Å². The standard InChI is InChI=1S/C17H24N4O4S/c1-14-3-5-15(6-4-14)21-12-9-19(17(21)23)13-16(22)18-7-10-20(11-8-18)26(2,24)25/h3-6H,7-13H2,1-2H3. The van der Waals surface area contributed by atoms with Gasteiger partial charge in [0.05, 0.1) is 6.26 Å². The molecule has 0 unspecified atom stereocenters. The number of rotatable bonds is 4. The first kappa shape index (κ1) is 18.7. The Labute approximate surface area is 154 Å². The number of hydrogen-bond acceptors (Lipinski definition) is 4. The molecule has 26 heavy (non-hydrogen) atoms. The van der Waals surface area contributed by atoms with Gasteiger partial charge in [0.1, 0.15) is 6.54 Å². The van der Waals surface area contributed by atoms with Gasteiger partial charge in [-0.15, -0.1) is 0 Å². The van der Waals surface area contributed by atoms with Crippen LogP contribution in [0.5, 0.6) is 0 Å². The fraction of sp³-hybridized carbons (Fsp3) is 0.529. The van der Waals surface area contributed by atoms with Crippen molar-refractivity contribution in [3.8, 4) is 0 Å². The molecule has 0 aliphatic carbocycles. The molecule has 0 saturated carbocycles. The lowest BCUT2D eigenvalue weighted by Gasteiger charge is -2.34. The quantitative estimate of drug-likeness (QED) is 0.754. The summed E-state index contributed by atoms with van der Waals surface area (Å²) < 4.78 is 24.5. The highest BCUT2D eigenvalue weighted by atomic mass is 32.2. The van der Waals surface area contributed by atoms with Gasteiger partial charge in [0.15, 0.2) is 0 Å². The van der Waals surface area contributed by atoms with Crippen LogP contribution in [0.3, 0.4) is 0 Å². The van der Waals surface area contributed by atoms with E-state index in [1.807, 2.05) is 31.2 Å². The zero-order valence-electron chi connectivity index (χ0n) is 15.1. The highest BCUT2D eigenvalue weighted by molar-refractivity contribution is 7.88. The third-order valence-corrected chi connectivity index (χ3v) is 6.13. The number of aryl methyl sites for hydroxylation is 1. The predicted octanol–water partition coefficient (Wildman–Crippen LogP) is 0.341. The molecule has 0 bridgehead atoms. The van der Waals surface area contributed by atoms with Gasteiger partial charge in [0.2, 0.25) is 15.9 Å². The van der Waals surface area contributed by atoms with Crippen molar-refractivity contribution >= 4 is 27.6 Å². The van der Waals surface area contributed by atoms with E-state index in [0.717, 1.165) is 11.3 Å². The maximum Gasteiger partial charge on any atom is 0.325 e. The topological polar surface area (TPSA) is 81.2 Å². The van der Waals surface area contributed by atoms with Crippen LogP contribution in [0.25, 0.3) is 0 Å².